The number of urea groups is 1. The van der Waals surface area contributed by atoms with Crippen LogP contribution in [-0.2, 0) is 19.7 Å². The summed E-state index contributed by atoms with van der Waals surface area (Å²) in [5, 5.41) is 3.06. The second-order valence-electron chi connectivity index (χ2n) is 6.99. The normalized spacial score (nSPS) is 12.7. The van der Waals surface area contributed by atoms with Gasteiger partial charge in [-0.1, -0.05) is 32.9 Å². The first-order valence-electron chi connectivity index (χ1n) is 8.36. The maximum absolute atomic E-state index is 11.9. The summed E-state index contributed by atoms with van der Waals surface area (Å²) in [7, 11) is 0. The number of hydrogen-bond donors (Lipinski definition) is 2. The molecule has 0 saturated carbocycles. The number of rotatable bonds is 6. The molecular formula is C18H23F3N2O5. The van der Waals surface area contributed by atoms with E-state index in [9.17, 15) is 27.6 Å². The third-order valence-electron chi connectivity index (χ3n) is 3.41. The van der Waals surface area contributed by atoms with Crippen molar-refractivity contribution >= 4 is 17.9 Å². The first-order chi connectivity index (χ1) is 12.8. The SMILES string of the molecule is C[C@H](Oc1ccc(C(C)(C)C)cc1)C(=O)OCC(=O)NC(=O)NCC(F)(F)F. The average Bonchev–Trinajstić information content (AvgIpc) is 2.57. The van der Waals surface area contributed by atoms with Crippen molar-refractivity contribution < 1.29 is 37.0 Å². The number of imide groups is 1. The van der Waals surface area contributed by atoms with Gasteiger partial charge in [0, 0.05) is 0 Å². The van der Waals surface area contributed by atoms with E-state index in [1.807, 2.05) is 12.1 Å². The molecule has 0 aliphatic carbocycles. The van der Waals surface area contributed by atoms with Crippen molar-refractivity contribution in [3.05, 3.63) is 29.8 Å². The molecule has 0 saturated heterocycles. The third-order valence-corrected chi connectivity index (χ3v) is 3.41. The Morgan fingerprint density at radius 2 is 1.64 bits per heavy atom. The number of carbonyl (C=O) groups excluding carboxylic acids is 3. The lowest BCUT2D eigenvalue weighted by Crippen LogP contribution is -2.45. The standard InChI is InChI=1S/C18H23F3N2O5/c1-11(28-13-7-5-12(6-8-13)17(2,3)4)15(25)27-9-14(24)23-16(26)22-10-18(19,20)21/h5-8,11H,9-10H2,1-4H3,(H2,22,23,24,26)/t11-/m0/s1. The average molecular weight is 404 g/mol. The molecule has 0 aliphatic heterocycles. The summed E-state index contributed by atoms with van der Waals surface area (Å²) >= 11 is 0. The molecule has 2 N–H and O–H groups in total. The summed E-state index contributed by atoms with van der Waals surface area (Å²) in [4.78, 5) is 34.4. The van der Waals surface area contributed by atoms with E-state index >= 15 is 0 Å². The Kier molecular flexibility index (Phi) is 7.83. The first kappa shape index (κ1) is 23.3. The molecule has 0 bridgehead atoms. The minimum Gasteiger partial charge on any atom is -0.479 e. The molecule has 28 heavy (non-hydrogen) atoms. The Bertz CT molecular complexity index is 697. The Balaban J connectivity index is 2.42. The highest BCUT2D eigenvalue weighted by Crippen LogP contribution is 2.24. The van der Waals surface area contributed by atoms with Gasteiger partial charge in [0.1, 0.15) is 12.3 Å². The number of alkyl halides is 3. The van der Waals surface area contributed by atoms with Crippen molar-refractivity contribution in [3.8, 4) is 5.75 Å². The van der Waals surface area contributed by atoms with Crippen molar-refractivity contribution in [3.63, 3.8) is 0 Å². The van der Waals surface area contributed by atoms with Crippen LogP contribution in [0.2, 0.25) is 0 Å². The molecule has 7 nitrogen and oxygen atoms in total. The van der Waals surface area contributed by atoms with Crippen molar-refractivity contribution in [2.24, 2.45) is 0 Å². The van der Waals surface area contributed by atoms with Gasteiger partial charge in [-0.15, -0.1) is 0 Å². The number of nitrogens with one attached hydrogen (secondary N) is 2. The van der Waals surface area contributed by atoms with Gasteiger partial charge in [0.15, 0.2) is 12.7 Å². The van der Waals surface area contributed by atoms with Crippen LogP contribution in [0.25, 0.3) is 0 Å². The zero-order valence-electron chi connectivity index (χ0n) is 16.0. The van der Waals surface area contributed by atoms with Gasteiger partial charge < -0.3 is 14.8 Å². The van der Waals surface area contributed by atoms with E-state index in [1.165, 1.54) is 12.2 Å². The van der Waals surface area contributed by atoms with Crippen LogP contribution >= 0.6 is 0 Å². The van der Waals surface area contributed by atoms with E-state index in [2.05, 4.69) is 25.5 Å². The Morgan fingerprint density at radius 3 is 2.14 bits per heavy atom. The van der Waals surface area contributed by atoms with Crippen LogP contribution in [0.15, 0.2) is 24.3 Å². The predicted octanol–water partition coefficient (Wildman–Crippen LogP) is 2.68. The molecule has 1 atom stereocenters. The summed E-state index contributed by atoms with van der Waals surface area (Å²) in [6.45, 7) is 5.14. The van der Waals surface area contributed by atoms with Gasteiger partial charge in [0.2, 0.25) is 0 Å². The topological polar surface area (TPSA) is 93.7 Å². The molecule has 3 amide bonds. The van der Waals surface area contributed by atoms with Crippen molar-refractivity contribution in [1.82, 2.24) is 10.6 Å². The second-order valence-corrected chi connectivity index (χ2v) is 6.99. The van der Waals surface area contributed by atoms with Crippen molar-refractivity contribution in [2.75, 3.05) is 13.2 Å². The third kappa shape index (κ3) is 8.74. The minimum atomic E-state index is -4.61. The Morgan fingerprint density at radius 1 is 1.07 bits per heavy atom. The molecule has 0 unspecified atom stereocenters. The van der Waals surface area contributed by atoms with Crippen molar-refractivity contribution in [2.45, 2.75) is 45.4 Å². The molecule has 0 fully saturated rings. The van der Waals surface area contributed by atoms with Crippen LogP contribution in [0.3, 0.4) is 0 Å². The number of amides is 3. The summed E-state index contributed by atoms with van der Waals surface area (Å²) in [5.74, 6) is -1.52. The predicted molar refractivity (Wildman–Crippen MR) is 93.8 cm³/mol. The maximum Gasteiger partial charge on any atom is 0.405 e. The Labute approximate surface area is 160 Å². The number of esters is 1. The van der Waals surface area contributed by atoms with Crippen LogP contribution in [0.5, 0.6) is 5.75 Å². The summed E-state index contributed by atoms with van der Waals surface area (Å²) < 4.78 is 45.9. The lowest BCUT2D eigenvalue weighted by atomic mass is 9.87. The molecule has 0 aromatic heterocycles. The molecule has 0 radical (unpaired) electrons. The number of ether oxygens (including phenoxy) is 2. The van der Waals surface area contributed by atoms with Crippen molar-refractivity contribution in [1.29, 1.82) is 0 Å². The number of halogens is 3. The summed E-state index contributed by atoms with van der Waals surface area (Å²) in [5.41, 5.74) is 1.04. The lowest BCUT2D eigenvalue weighted by molar-refractivity contribution is -0.154. The molecule has 0 spiro atoms. The highest BCUT2D eigenvalue weighted by atomic mass is 19.4. The van der Waals surface area contributed by atoms with Gasteiger partial charge in [-0.05, 0) is 30.0 Å². The monoisotopic (exact) mass is 404 g/mol. The molecular weight excluding hydrogens is 381 g/mol. The summed E-state index contributed by atoms with van der Waals surface area (Å²) in [6.07, 6.45) is -5.64. The van der Waals surface area contributed by atoms with Gasteiger partial charge >= 0.3 is 18.2 Å². The molecule has 1 aromatic rings. The zero-order chi connectivity index (χ0) is 21.5. The molecule has 10 heteroatoms. The fourth-order valence-corrected chi connectivity index (χ4v) is 1.93. The van der Waals surface area contributed by atoms with Gasteiger partial charge in [-0.3, -0.25) is 10.1 Å². The lowest BCUT2D eigenvalue weighted by Gasteiger charge is -2.20. The fourth-order valence-electron chi connectivity index (χ4n) is 1.93. The minimum absolute atomic E-state index is 0.0389. The van der Waals surface area contributed by atoms with Crippen LogP contribution in [0.1, 0.15) is 33.3 Å². The van der Waals surface area contributed by atoms with Gasteiger partial charge in [0.05, 0.1) is 0 Å². The van der Waals surface area contributed by atoms with E-state index in [1.54, 1.807) is 17.4 Å². The largest absolute Gasteiger partial charge is 0.479 e. The second kappa shape index (κ2) is 9.43. The molecule has 0 heterocycles. The van der Waals surface area contributed by atoms with E-state index in [-0.39, 0.29) is 5.41 Å². The fraction of sp³-hybridized carbons (Fsp3) is 0.500. The highest BCUT2D eigenvalue weighted by Gasteiger charge is 2.28. The number of benzene rings is 1. The smallest absolute Gasteiger partial charge is 0.405 e. The number of carbonyl (C=O) groups is 3. The quantitative estimate of drug-likeness (QED) is 0.711. The van der Waals surface area contributed by atoms with E-state index in [4.69, 9.17) is 4.74 Å². The van der Waals surface area contributed by atoms with Gasteiger partial charge in [-0.2, -0.15) is 13.2 Å². The number of hydrogen-bond acceptors (Lipinski definition) is 5. The first-order valence-corrected chi connectivity index (χ1v) is 8.36. The molecule has 1 aromatic carbocycles. The van der Waals surface area contributed by atoms with Crippen LogP contribution in [-0.4, -0.2) is 43.3 Å². The van der Waals surface area contributed by atoms with Gasteiger partial charge in [0.25, 0.3) is 5.91 Å². The molecule has 0 aliphatic rings. The highest BCUT2D eigenvalue weighted by molar-refractivity contribution is 5.95. The molecule has 1 rings (SSSR count). The van der Waals surface area contributed by atoms with Crippen LogP contribution in [0.4, 0.5) is 18.0 Å². The van der Waals surface area contributed by atoms with Crippen LogP contribution < -0.4 is 15.4 Å². The van der Waals surface area contributed by atoms with Crippen LogP contribution in [0, 0.1) is 0 Å². The Hall–Kier alpha value is -2.78. The van der Waals surface area contributed by atoms with E-state index < -0.39 is 43.3 Å². The van der Waals surface area contributed by atoms with E-state index in [0.717, 1.165) is 5.56 Å². The van der Waals surface area contributed by atoms with E-state index in [0.29, 0.717) is 5.75 Å². The molecule has 156 valence electrons. The van der Waals surface area contributed by atoms with Gasteiger partial charge in [-0.25, -0.2) is 9.59 Å². The summed E-state index contributed by atoms with van der Waals surface area (Å²) in [6, 6.07) is 5.77. The maximum atomic E-state index is 11.9. The zero-order valence-corrected chi connectivity index (χ0v) is 16.0.